The molecule has 2 atom stereocenters. The third kappa shape index (κ3) is 11.8. The Labute approximate surface area is 420 Å². The molecule has 1 heterocycles. The van der Waals surface area contributed by atoms with E-state index in [9.17, 15) is 0 Å². The minimum Gasteiger partial charge on any atom is -0.340 e. The van der Waals surface area contributed by atoms with Gasteiger partial charge in [-0.2, -0.15) is 0 Å². The molecule has 0 fully saturated rings. The van der Waals surface area contributed by atoms with Crippen molar-refractivity contribution in [3.05, 3.63) is 216 Å². The van der Waals surface area contributed by atoms with E-state index in [1.807, 2.05) is 0 Å². The summed E-state index contributed by atoms with van der Waals surface area (Å²) in [4.78, 5) is 4.69. The van der Waals surface area contributed by atoms with Crippen LogP contribution in [0.5, 0.6) is 0 Å². The van der Waals surface area contributed by atoms with E-state index in [0.29, 0.717) is 11.8 Å². The molecule has 0 aliphatic rings. The first-order valence-electron chi connectivity index (χ1n) is 26.3. The zero-order chi connectivity index (χ0) is 49.0. The maximum atomic E-state index is 2.52. The number of aryl methyl sites for hydroxylation is 4. The predicted octanol–water partition coefficient (Wildman–Crippen LogP) is 20.4. The van der Waals surface area contributed by atoms with Crippen LogP contribution in [-0.2, 0) is 6.54 Å². The van der Waals surface area contributed by atoms with Gasteiger partial charge in [-0.25, -0.2) is 0 Å². The first-order chi connectivity index (χ1) is 34.1. The maximum Gasteiger partial charge on any atom is 0.0491 e. The number of anilines is 6. The van der Waals surface area contributed by atoms with Crippen LogP contribution >= 0.6 is 0 Å². The highest BCUT2D eigenvalue weighted by Crippen LogP contribution is 2.39. The number of rotatable bonds is 18. The van der Waals surface area contributed by atoms with Crippen LogP contribution in [0, 0.1) is 20.8 Å². The van der Waals surface area contributed by atoms with E-state index in [4.69, 9.17) is 0 Å². The van der Waals surface area contributed by atoms with E-state index >= 15 is 0 Å². The first kappa shape index (κ1) is 49.6. The molecule has 3 heteroatoms. The number of unbranched alkanes of at least 4 members (excludes halogenated alkanes) is 5. The normalized spacial score (nSPS) is 12.1. The molecule has 0 saturated heterocycles. The van der Waals surface area contributed by atoms with Gasteiger partial charge in [-0.3, -0.25) is 0 Å². The lowest BCUT2D eigenvalue weighted by atomic mass is 9.98. The van der Waals surface area contributed by atoms with Crippen molar-refractivity contribution in [2.45, 2.75) is 125 Å². The fourth-order valence-corrected chi connectivity index (χ4v) is 9.72. The van der Waals surface area contributed by atoms with E-state index in [-0.39, 0.29) is 0 Å². The van der Waals surface area contributed by atoms with Crippen LogP contribution in [0.1, 0.15) is 126 Å². The second kappa shape index (κ2) is 23.6. The zero-order valence-electron chi connectivity index (χ0n) is 43.3. The van der Waals surface area contributed by atoms with Gasteiger partial charge in [-0.1, -0.05) is 180 Å². The molecule has 8 aromatic carbocycles. The summed E-state index contributed by atoms with van der Waals surface area (Å²) in [5.41, 5.74) is 18.7. The molecule has 70 heavy (non-hydrogen) atoms. The topological polar surface area (TPSA) is 11.4 Å². The molecule has 9 rings (SSSR count). The minimum absolute atomic E-state index is 0.552. The van der Waals surface area contributed by atoms with E-state index in [2.05, 4.69) is 258 Å². The summed E-state index contributed by atoms with van der Waals surface area (Å²) in [6, 6.07) is 69.3. The molecule has 0 aliphatic heterocycles. The molecule has 3 nitrogen and oxygen atoms in total. The maximum absolute atomic E-state index is 2.52. The number of para-hydroxylation sites is 1. The summed E-state index contributed by atoms with van der Waals surface area (Å²) in [6.45, 7) is 19.0. The van der Waals surface area contributed by atoms with Crippen LogP contribution in [0.15, 0.2) is 188 Å². The van der Waals surface area contributed by atoms with Gasteiger partial charge in [0.05, 0.1) is 0 Å². The Morgan fingerprint density at radius 2 is 0.743 bits per heavy atom. The van der Waals surface area contributed by atoms with Crippen LogP contribution in [0.2, 0.25) is 0 Å². The Bertz CT molecular complexity index is 2870. The first-order valence-corrected chi connectivity index (χ1v) is 26.3. The van der Waals surface area contributed by atoms with Gasteiger partial charge in [0.1, 0.15) is 0 Å². The van der Waals surface area contributed by atoms with Crippen molar-refractivity contribution in [2.24, 2.45) is 0 Å². The Kier molecular flexibility index (Phi) is 16.7. The Morgan fingerprint density at radius 3 is 1.19 bits per heavy atom. The smallest absolute Gasteiger partial charge is 0.0491 e. The van der Waals surface area contributed by atoms with Crippen molar-refractivity contribution in [3.63, 3.8) is 0 Å². The third-order valence-electron chi connectivity index (χ3n) is 14.5. The molecular weight excluding hydrogens is 847 g/mol. The van der Waals surface area contributed by atoms with Crippen molar-refractivity contribution < 1.29 is 0 Å². The highest BCUT2D eigenvalue weighted by atomic mass is 15.1. The van der Waals surface area contributed by atoms with Crippen LogP contribution in [0.4, 0.5) is 34.1 Å². The monoisotopic (exact) mass is 922 g/mol. The Morgan fingerprint density at radius 1 is 0.371 bits per heavy atom. The zero-order valence-corrected chi connectivity index (χ0v) is 43.3. The predicted molar refractivity (Wildman–Crippen MR) is 306 cm³/mol. The van der Waals surface area contributed by atoms with Gasteiger partial charge in [0, 0.05) is 62.5 Å². The average Bonchev–Trinajstić information content (AvgIpc) is 3.71. The fraction of sp³-hybridized carbons (Fsp3) is 0.284. The Balaban J connectivity index is 0.000000249. The lowest BCUT2D eigenvalue weighted by Crippen LogP contribution is -2.10. The fourth-order valence-electron chi connectivity index (χ4n) is 9.72. The van der Waals surface area contributed by atoms with Gasteiger partial charge in [0.25, 0.3) is 0 Å². The minimum atomic E-state index is 0.552. The molecule has 0 bridgehead atoms. The quantitative estimate of drug-likeness (QED) is 0.0795. The molecule has 0 N–H and O–H groups in total. The van der Waals surface area contributed by atoms with Crippen LogP contribution in [-0.4, -0.2) is 4.57 Å². The van der Waals surface area contributed by atoms with Gasteiger partial charge in [-0.05, 0) is 165 Å². The molecule has 358 valence electrons. The van der Waals surface area contributed by atoms with Gasteiger partial charge >= 0.3 is 0 Å². The SMILES string of the molecule is CCC(C)c1ccc(N(c2ccc(C)cc2)c2ccc(-c3ccc(N(c4ccc(C)cc4)c4ccc(C(C)CC)cc4)cc3)cc2)cc1.CCCCCCCCn1c2ccccc2c2cc(C)ccc21. The van der Waals surface area contributed by atoms with Crippen molar-refractivity contribution >= 4 is 55.9 Å². The van der Waals surface area contributed by atoms with Crippen molar-refractivity contribution in [1.82, 2.24) is 4.57 Å². The largest absolute Gasteiger partial charge is 0.340 e. The number of benzene rings is 8. The molecule has 2 unspecified atom stereocenters. The van der Waals surface area contributed by atoms with E-state index in [1.54, 1.807) is 0 Å². The summed E-state index contributed by atoms with van der Waals surface area (Å²) < 4.78 is 2.52. The highest BCUT2D eigenvalue weighted by molar-refractivity contribution is 6.08. The van der Waals surface area contributed by atoms with Gasteiger partial charge in [0.2, 0.25) is 0 Å². The van der Waals surface area contributed by atoms with Crippen molar-refractivity contribution in [2.75, 3.05) is 9.80 Å². The van der Waals surface area contributed by atoms with Gasteiger partial charge in [-0.15, -0.1) is 0 Å². The number of aromatic nitrogens is 1. The van der Waals surface area contributed by atoms with Crippen molar-refractivity contribution in [3.8, 4) is 11.1 Å². The summed E-state index contributed by atoms with van der Waals surface area (Å²) >= 11 is 0. The second-order valence-corrected chi connectivity index (χ2v) is 19.7. The molecule has 1 aromatic heterocycles. The highest BCUT2D eigenvalue weighted by Gasteiger charge is 2.17. The van der Waals surface area contributed by atoms with Crippen LogP contribution < -0.4 is 9.80 Å². The van der Waals surface area contributed by atoms with Crippen LogP contribution in [0.3, 0.4) is 0 Å². The third-order valence-corrected chi connectivity index (χ3v) is 14.5. The van der Waals surface area contributed by atoms with Crippen molar-refractivity contribution in [1.29, 1.82) is 0 Å². The lowest BCUT2D eigenvalue weighted by molar-refractivity contribution is 0.571. The molecule has 0 spiro atoms. The molecular formula is C67H75N3. The molecule has 9 aromatic rings. The standard InChI is InChI=1S/C46H48N2.C21H27N/c1-7-35(5)37-13-25-43(26-14-37)47(41-21-9-33(3)10-22-41)45-29-17-39(18-30-45)40-19-31-46(32-20-40)48(42-23-11-34(4)12-24-42)44-27-15-38(16-28-44)36(6)8-2;1-3-4-5-6-7-10-15-22-20-12-9-8-11-18(20)19-16-17(2)13-14-21(19)22/h9-32,35-36H,7-8H2,1-6H3;8-9,11-14,16H,3-7,10,15H2,1-2H3. The summed E-state index contributed by atoms with van der Waals surface area (Å²) in [6.07, 6.45) is 10.4. The van der Waals surface area contributed by atoms with Gasteiger partial charge in [0.15, 0.2) is 0 Å². The Hall–Kier alpha value is -6.84. The summed E-state index contributed by atoms with van der Waals surface area (Å²) in [7, 11) is 0. The van der Waals surface area contributed by atoms with Crippen LogP contribution in [0.25, 0.3) is 32.9 Å². The lowest BCUT2D eigenvalue weighted by Gasteiger charge is -2.27. The van der Waals surface area contributed by atoms with E-state index in [0.717, 1.165) is 53.5 Å². The van der Waals surface area contributed by atoms with E-state index < -0.39 is 0 Å². The molecule has 0 aliphatic carbocycles. The van der Waals surface area contributed by atoms with Gasteiger partial charge < -0.3 is 14.4 Å². The second-order valence-electron chi connectivity index (χ2n) is 19.7. The average molecular weight is 922 g/mol. The number of hydrogen-bond donors (Lipinski definition) is 0. The summed E-state index contributed by atoms with van der Waals surface area (Å²) in [5, 5.41) is 2.80. The molecule has 0 amide bonds. The van der Waals surface area contributed by atoms with E-state index in [1.165, 1.54) is 99.3 Å². The molecule has 0 radical (unpaired) electrons. The number of nitrogens with zero attached hydrogens (tertiary/aromatic N) is 3. The number of fused-ring (bicyclic) bond motifs is 3. The number of hydrogen-bond acceptors (Lipinski definition) is 2. The molecule has 0 saturated carbocycles. The summed E-state index contributed by atoms with van der Waals surface area (Å²) in [5.74, 6) is 1.10.